The lowest BCUT2D eigenvalue weighted by Crippen LogP contribution is -2.12. The van der Waals surface area contributed by atoms with Crippen molar-refractivity contribution in [1.29, 1.82) is 0 Å². The Morgan fingerprint density at radius 2 is 1.71 bits per heavy atom. The maximum absolute atomic E-state index is 13.2. The van der Waals surface area contributed by atoms with Crippen molar-refractivity contribution in [2.75, 3.05) is 0 Å². The summed E-state index contributed by atoms with van der Waals surface area (Å²) >= 11 is 5.84. The van der Waals surface area contributed by atoms with E-state index in [1.165, 1.54) is 18.2 Å². The summed E-state index contributed by atoms with van der Waals surface area (Å²) < 4.78 is 26.4. The average Bonchev–Trinajstić information content (AvgIpc) is 2.11. The largest absolute Gasteiger partial charge is 0.207 e. The molecule has 0 aromatic heterocycles. The van der Waals surface area contributed by atoms with E-state index in [1.807, 2.05) is 13.8 Å². The first-order valence-corrected chi connectivity index (χ1v) is 5.03. The second-order valence-electron chi connectivity index (χ2n) is 3.56. The number of alkyl halides is 1. The Labute approximate surface area is 87.9 Å². The van der Waals surface area contributed by atoms with Crippen LogP contribution >= 0.6 is 11.6 Å². The van der Waals surface area contributed by atoms with Gasteiger partial charge in [0.2, 0.25) is 0 Å². The van der Waals surface area contributed by atoms with E-state index in [9.17, 15) is 8.78 Å². The third-order valence-electron chi connectivity index (χ3n) is 2.37. The van der Waals surface area contributed by atoms with Gasteiger partial charge in [-0.05, 0) is 31.4 Å². The summed E-state index contributed by atoms with van der Waals surface area (Å²) in [7, 11) is 0. The summed E-state index contributed by atoms with van der Waals surface area (Å²) in [6.07, 6.45) is 0.336. The molecule has 0 nitrogen and oxygen atoms in total. The van der Waals surface area contributed by atoms with Crippen LogP contribution in [0.1, 0.15) is 19.4 Å². The molecule has 2 atom stereocenters. The molecule has 0 aliphatic carbocycles. The van der Waals surface area contributed by atoms with Gasteiger partial charge >= 0.3 is 0 Å². The summed E-state index contributed by atoms with van der Waals surface area (Å²) in [6.45, 7) is 3.70. The summed E-state index contributed by atoms with van der Waals surface area (Å²) in [4.78, 5) is 0. The van der Waals surface area contributed by atoms with Crippen LogP contribution in [-0.4, -0.2) is 5.38 Å². The minimum Gasteiger partial charge on any atom is -0.207 e. The van der Waals surface area contributed by atoms with E-state index in [0.717, 1.165) is 0 Å². The van der Waals surface area contributed by atoms with E-state index in [0.29, 0.717) is 6.42 Å². The molecule has 1 aromatic rings. The predicted octanol–water partition coefficient (Wildman–Crippen LogP) is 3.77. The van der Waals surface area contributed by atoms with Crippen molar-refractivity contribution in [2.45, 2.75) is 25.6 Å². The first-order chi connectivity index (χ1) is 6.52. The van der Waals surface area contributed by atoms with Crippen LogP contribution in [0.3, 0.4) is 0 Å². The third kappa shape index (κ3) is 2.68. The normalized spacial score (nSPS) is 15.2. The minimum atomic E-state index is -0.492. The maximum atomic E-state index is 13.2. The smallest absolute Gasteiger partial charge is 0.129 e. The van der Waals surface area contributed by atoms with Crippen molar-refractivity contribution in [1.82, 2.24) is 0 Å². The van der Waals surface area contributed by atoms with Gasteiger partial charge in [0, 0.05) is 10.9 Å². The van der Waals surface area contributed by atoms with Gasteiger partial charge in [0.1, 0.15) is 11.6 Å². The molecular formula is C11H13ClF2. The molecule has 0 aliphatic rings. The highest BCUT2D eigenvalue weighted by molar-refractivity contribution is 6.20. The average molecular weight is 219 g/mol. The fourth-order valence-electron chi connectivity index (χ4n) is 1.21. The van der Waals surface area contributed by atoms with Gasteiger partial charge in [-0.2, -0.15) is 0 Å². The van der Waals surface area contributed by atoms with E-state index in [4.69, 9.17) is 11.6 Å². The minimum absolute atomic E-state index is 0.0584. The Morgan fingerprint density at radius 1 is 1.21 bits per heavy atom. The highest BCUT2D eigenvalue weighted by atomic mass is 35.5. The summed E-state index contributed by atoms with van der Waals surface area (Å²) in [6, 6.07) is 3.90. The SMILES string of the molecule is CC(Cl)C(C)Cc1c(F)cccc1F. The molecular weight excluding hydrogens is 206 g/mol. The standard InChI is InChI=1S/C11H13ClF2/c1-7(8(2)12)6-9-10(13)4-3-5-11(9)14/h3-5,7-8H,6H2,1-2H3. The summed E-state index contributed by atoms with van der Waals surface area (Å²) in [5.74, 6) is -0.925. The van der Waals surface area contributed by atoms with E-state index in [-0.39, 0.29) is 16.9 Å². The summed E-state index contributed by atoms with van der Waals surface area (Å²) in [5, 5.41) is -0.0889. The molecule has 1 rings (SSSR count). The molecule has 0 fully saturated rings. The first kappa shape index (κ1) is 11.4. The monoisotopic (exact) mass is 218 g/mol. The Balaban J connectivity index is 2.85. The number of benzene rings is 1. The van der Waals surface area contributed by atoms with Crippen LogP contribution in [0.25, 0.3) is 0 Å². The highest BCUT2D eigenvalue weighted by Gasteiger charge is 2.15. The van der Waals surface area contributed by atoms with Crippen LogP contribution in [-0.2, 0) is 6.42 Å². The quantitative estimate of drug-likeness (QED) is 0.678. The molecule has 3 heteroatoms. The molecule has 0 bridgehead atoms. The molecule has 0 heterocycles. The van der Waals surface area contributed by atoms with Crippen LogP contribution in [0.4, 0.5) is 8.78 Å². The van der Waals surface area contributed by atoms with Crippen molar-refractivity contribution in [3.8, 4) is 0 Å². The van der Waals surface area contributed by atoms with Crippen LogP contribution in [0.15, 0.2) is 18.2 Å². The first-order valence-electron chi connectivity index (χ1n) is 4.59. The number of rotatable bonds is 3. The zero-order chi connectivity index (χ0) is 10.7. The summed E-state index contributed by atoms with van der Waals surface area (Å²) in [5.41, 5.74) is 0.132. The Bertz CT molecular complexity index is 290. The van der Waals surface area contributed by atoms with Crippen molar-refractivity contribution in [3.63, 3.8) is 0 Å². The van der Waals surface area contributed by atoms with Crippen molar-refractivity contribution in [2.24, 2.45) is 5.92 Å². The Hall–Kier alpha value is -0.630. The van der Waals surface area contributed by atoms with Gasteiger partial charge in [-0.15, -0.1) is 11.6 Å². The van der Waals surface area contributed by atoms with Crippen molar-refractivity contribution in [3.05, 3.63) is 35.4 Å². The molecule has 2 unspecified atom stereocenters. The predicted molar refractivity (Wildman–Crippen MR) is 54.5 cm³/mol. The van der Waals surface area contributed by atoms with E-state index >= 15 is 0 Å². The van der Waals surface area contributed by atoms with E-state index in [1.54, 1.807) is 0 Å². The lowest BCUT2D eigenvalue weighted by atomic mass is 9.98. The van der Waals surface area contributed by atoms with E-state index in [2.05, 4.69) is 0 Å². The molecule has 0 spiro atoms. The van der Waals surface area contributed by atoms with Gasteiger partial charge in [-0.1, -0.05) is 13.0 Å². The van der Waals surface area contributed by atoms with Crippen molar-refractivity contribution >= 4 is 11.6 Å². The van der Waals surface area contributed by atoms with Gasteiger partial charge < -0.3 is 0 Å². The van der Waals surface area contributed by atoms with Gasteiger partial charge in [0.15, 0.2) is 0 Å². The molecule has 0 saturated heterocycles. The molecule has 0 saturated carbocycles. The van der Waals surface area contributed by atoms with Gasteiger partial charge in [0.25, 0.3) is 0 Å². The van der Waals surface area contributed by atoms with Crippen LogP contribution < -0.4 is 0 Å². The number of halogens is 3. The number of hydrogen-bond acceptors (Lipinski definition) is 0. The fraction of sp³-hybridized carbons (Fsp3) is 0.455. The molecule has 0 aliphatic heterocycles. The Morgan fingerprint density at radius 3 is 2.14 bits per heavy atom. The lowest BCUT2D eigenvalue weighted by molar-refractivity contribution is 0.502. The fourth-order valence-corrected chi connectivity index (χ4v) is 1.30. The van der Waals surface area contributed by atoms with Gasteiger partial charge in [-0.25, -0.2) is 8.78 Å². The van der Waals surface area contributed by atoms with Crippen LogP contribution in [0.5, 0.6) is 0 Å². The topological polar surface area (TPSA) is 0 Å². The van der Waals surface area contributed by atoms with Crippen LogP contribution in [0, 0.1) is 17.6 Å². The van der Waals surface area contributed by atoms with Gasteiger partial charge in [-0.3, -0.25) is 0 Å². The molecule has 0 N–H and O–H groups in total. The van der Waals surface area contributed by atoms with Crippen LogP contribution in [0.2, 0.25) is 0 Å². The zero-order valence-electron chi connectivity index (χ0n) is 8.23. The lowest BCUT2D eigenvalue weighted by Gasteiger charge is -2.14. The molecule has 0 radical (unpaired) electrons. The molecule has 0 amide bonds. The number of hydrogen-bond donors (Lipinski definition) is 0. The molecule has 14 heavy (non-hydrogen) atoms. The Kier molecular flexibility index (Phi) is 3.87. The second-order valence-corrected chi connectivity index (χ2v) is 4.25. The highest BCUT2D eigenvalue weighted by Crippen LogP contribution is 2.20. The third-order valence-corrected chi connectivity index (χ3v) is 2.80. The van der Waals surface area contributed by atoms with Gasteiger partial charge in [0.05, 0.1) is 0 Å². The zero-order valence-corrected chi connectivity index (χ0v) is 8.98. The maximum Gasteiger partial charge on any atom is 0.129 e. The van der Waals surface area contributed by atoms with E-state index < -0.39 is 11.6 Å². The second kappa shape index (κ2) is 4.74. The van der Waals surface area contributed by atoms with Crippen molar-refractivity contribution < 1.29 is 8.78 Å². The molecule has 78 valence electrons. The molecule has 1 aromatic carbocycles.